The fourth-order valence-electron chi connectivity index (χ4n) is 3.85. The maximum Gasteiger partial charge on any atom is -1.00 e. The van der Waals surface area contributed by atoms with Gasteiger partial charge in [0.15, 0.2) is 0 Å². The summed E-state index contributed by atoms with van der Waals surface area (Å²) < 4.78 is 2.67. The van der Waals surface area contributed by atoms with Crippen LogP contribution in [-0.4, -0.2) is 5.49 Å². The number of hydrogen-bond acceptors (Lipinski definition) is 0. The molecule has 1 aromatic rings. The smallest absolute Gasteiger partial charge is 1.00 e. The molecule has 0 amide bonds. The molecule has 0 bridgehead atoms. The summed E-state index contributed by atoms with van der Waals surface area (Å²) in [5, 5.41) is 0. The summed E-state index contributed by atoms with van der Waals surface area (Å²) in [5.41, 5.74) is 6.44. The molecule has 0 heterocycles. The Labute approximate surface area is 173 Å². The number of halogens is 2. The number of benzene rings is 1. The van der Waals surface area contributed by atoms with E-state index < -0.39 is 20.1 Å². The Kier molecular flexibility index (Phi) is 8.21. The van der Waals surface area contributed by atoms with Crippen molar-refractivity contribution < 1.29 is 44.9 Å². The van der Waals surface area contributed by atoms with Crippen LogP contribution in [0.3, 0.4) is 0 Å². The predicted octanol–water partition coefficient (Wildman–Crippen LogP) is 0.282. The Bertz CT molecular complexity index is 775. The Morgan fingerprint density at radius 2 is 1.68 bits per heavy atom. The van der Waals surface area contributed by atoms with Gasteiger partial charge in [-0.2, -0.15) is 0 Å². The van der Waals surface area contributed by atoms with Gasteiger partial charge in [0.2, 0.25) is 0 Å². The molecular formula is C21H28Cl2HfSi. The van der Waals surface area contributed by atoms with E-state index in [1.54, 1.807) is 11.1 Å². The van der Waals surface area contributed by atoms with Gasteiger partial charge in [-0.1, -0.05) is 0 Å². The molecule has 0 radical (unpaired) electrons. The number of hydrogen-bond donors (Lipinski definition) is 0. The monoisotopic (exact) mass is 558 g/mol. The van der Waals surface area contributed by atoms with Gasteiger partial charge in [-0.3, -0.25) is 0 Å². The molecule has 1 aromatic carbocycles. The first kappa shape index (κ1) is 23.1. The van der Waals surface area contributed by atoms with Crippen molar-refractivity contribution in [2.24, 2.45) is 5.41 Å². The topological polar surface area (TPSA) is 0 Å². The maximum atomic E-state index is 2.63. The van der Waals surface area contributed by atoms with Crippen molar-refractivity contribution in [1.29, 1.82) is 0 Å². The van der Waals surface area contributed by atoms with E-state index in [2.05, 4.69) is 83.3 Å². The first-order valence-corrected chi connectivity index (χ1v) is 20.4. The molecule has 134 valence electrons. The molecule has 0 N–H and O–H groups in total. The van der Waals surface area contributed by atoms with Crippen LogP contribution in [0.2, 0.25) is 13.1 Å². The molecule has 0 fully saturated rings. The predicted molar refractivity (Wildman–Crippen MR) is 101 cm³/mol. The summed E-state index contributed by atoms with van der Waals surface area (Å²) in [7, 11) is 0. The minimum Gasteiger partial charge on any atom is -1.00 e. The number of rotatable bonds is 2. The van der Waals surface area contributed by atoms with Crippen LogP contribution < -0.4 is 24.8 Å². The van der Waals surface area contributed by atoms with Gasteiger partial charge in [0, 0.05) is 0 Å². The molecule has 1 atom stereocenters. The van der Waals surface area contributed by atoms with E-state index in [-0.39, 0.29) is 30.3 Å². The fraction of sp³-hybridized carbons (Fsp3) is 0.429. The van der Waals surface area contributed by atoms with Crippen LogP contribution >= 0.6 is 0 Å². The standard InChI is InChI=1S/C10H9.C9H13.C2H6Si.2ClH.Hf/c1-8-6-7-9-4-2-3-5-10(8)9;1-9(2,3)8-6-4-5-7-8;1-3-2;;;/h2-7H,1H3;4,6H,7H2,1-3H3;1-2H3;2*1H;/q;;;;;+2/p-2. The molecule has 0 aromatic heterocycles. The van der Waals surface area contributed by atoms with Crippen molar-refractivity contribution in [1.82, 2.24) is 0 Å². The van der Waals surface area contributed by atoms with E-state index in [4.69, 9.17) is 0 Å². The Morgan fingerprint density at radius 1 is 1.04 bits per heavy atom. The van der Waals surface area contributed by atoms with Crippen molar-refractivity contribution >= 4 is 11.1 Å². The zero-order valence-electron chi connectivity index (χ0n) is 16.1. The first-order chi connectivity index (χ1) is 10.8. The summed E-state index contributed by atoms with van der Waals surface area (Å²) in [5.74, 6) is 0. The Balaban J connectivity index is 0.00000156. The molecule has 4 heteroatoms. The third kappa shape index (κ3) is 4.69. The van der Waals surface area contributed by atoms with E-state index in [0.29, 0.717) is 5.41 Å². The molecule has 0 aliphatic heterocycles. The summed E-state index contributed by atoms with van der Waals surface area (Å²) in [6.07, 6.45) is 8.87. The third-order valence-electron chi connectivity index (χ3n) is 5.16. The molecule has 0 spiro atoms. The van der Waals surface area contributed by atoms with Gasteiger partial charge >= 0.3 is 150 Å². The van der Waals surface area contributed by atoms with E-state index in [0.717, 1.165) is 3.67 Å². The summed E-state index contributed by atoms with van der Waals surface area (Å²) in [6.45, 7) is 14.5. The molecule has 25 heavy (non-hydrogen) atoms. The normalized spacial score (nSPS) is 18.0. The average Bonchev–Trinajstić information content (AvgIpc) is 3.06. The van der Waals surface area contributed by atoms with Gasteiger partial charge in [0.05, 0.1) is 0 Å². The zero-order chi connectivity index (χ0) is 16.8. The quantitative estimate of drug-likeness (QED) is 0.459. The molecule has 0 saturated carbocycles. The molecule has 1 unspecified atom stereocenters. The number of fused-ring (bicyclic) bond motifs is 1. The second-order valence-electron chi connectivity index (χ2n) is 8.14. The second kappa shape index (κ2) is 8.86. The van der Waals surface area contributed by atoms with Crippen LogP contribution in [0.1, 0.15) is 48.9 Å². The van der Waals surface area contributed by atoms with Crippen molar-refractivity contribution in [3.05, 3.63) is 62.5 Å². The summed E-state index contributed by atoms with van der Waals surface area (Å²) in [4.78, 5) is 0. The van der Waals surface area contributed by atoms with Crippen LogP contribution in [-0.2, 0) is 20.1 Å². The van der Waals surface area contributed by atoms with Crippen LogP contribution in [0, 0.1) is 5.41 Å². The van der Waals surface area contributed by atoms with Crippen molar-refractivity contribution in [3.8, 4) is 0 Å². The molecule has 0 nitrogen and oxygen atoms in total. The van der Waals surface area contributed by atoms with E-state index in [1.165, 1.54) is 17.6 Å². The first-order valence-electron chi connectivity index (χ1n) is 8.64. The van der Waals surface area contributed by atoms with Crippen LogP contribution in [0.15, 0.2) is 51.4 Å². The van der Waals surface area contributed by atoms with Gasteiger partial charge in [0.25, 0.3) is 0 Å². The summed E-state index contributed by atoms with van der Waals surface area (Å²) >= 11 is -1.85. The van der Waals surface area contributed by atoms with Gasteiger partial charge in [0.1, 0.15) is 0 Å². The van der Waals surface area contributed by atoms with Crippen molar-refractivity contribution in [3.63, 3.8) is 0 Å². The maximum absolute atomic E-state index is 2.63. The van der Waals surface area contributed by atoms with Gasteiger partial charge < -0.3 is 24.8 Å². The third-order valence-corrected chi connectivity index (χ3v) is 30.7. The van der Waals surface area contributed by atoms with Gasteiger partial charge in [-0.05, 0) is 0 Å². The van der Waals surface area contributed by atoms with E-state index >= 15 is 0 Å². The molecule has 0 saturated heterocycles. The van der Waals surface area contributed by atoms with Crippen LogP contribution in [0.5, 0.6) is 0 Å². The molecule has 2 aliphatic carbocycles. The Hall–Kier alpha value is 0.107. The van der Waals surface area contributed by atoms with Crippen LogP contribution in [0.4, 0.5) is 0 Å². The molecule has 3 rings (SSSR count). The second-order valence-corrected chi connectivity index (χ2v) is 32.8. The van der Waals surface area contributed by atoms with E-state index in [1.807, 2.05) is 3.33 Å². The summed E-state index contributed by atoms with van der Waals surface area (Å²) in [6, 6.07) is 9.16. The van der Waals surface area contributed by atoms with Gasteiger partial charge in [-0.15, -0.1) is 0 Å². The van der Waals surface area contributed by atoms with Crippen molar-refractivity contribution in [2.45, 2.75) is 50.9 Å². The average molecular weight is 558 g/mol. The van der Waals surface area contributed by atoms with E-state index in [9.17, 15) is 0 Å². The molecule has 2 aliphatic rings. The minimum absolute atomic E-state index is 0. The Morgan fingerprint density at radius 3 is 2.24 bits per heavy atom. The zero-order valence-corrected chi connectivity index (χ0v) is 22.2. The van der Waals surface area contributed by atoms with Crippen LogP contribution in [0.25, 0.3) is 5.57 Å². The molecular weight excluding hydrogens is 530 g/mol. The van der Waals surface area contributed by atoms with Gasteiger partial charge in [-0.25, -0.2) is 0 Å². The largest absolute Gasteiger partial charge is 1.00 e. The SMILES string of the molecule is CC1=C[CH]([Hf+2]([C]2=CC=C(C(C)(C)C)C2)=[Si](C)C)c2ccccc21.[Cl-].[Cl-]. The van der Waals surface area contributed by atoms with Crippen molar-refractivity contribution in [2.75, 3.05) is 0 Å². The number of allylic oxidation sites excluding steroid dienone is 6. The minimum atomic E-state index is -1.85. The fourth-order valence-corrected chi connectivity index (χ4v) is 29.4.